The maximum atomic E-state index is 12.4. The van der Waals surface area contributed by atoms with Crippen molar-refractivity contribution in [3.63, 3.8) is 0 Å². The molecule has 0 aliphatic rings. The van der Waals surface area contributed by atoms with Crippen molar-refractivity contribution in [3.8, 4) is 0 Å². The van der Waals surface area contributed by atoms with Gasteiger partial charge >= 0.3 is 0 Å². The molecule has 5 nitrogen and oxygen atoms in total. The lowest BCUT2D eigenvalue weighted by atomic mass is 10.1. The first-order valence-corrected chi connectivity index (χ1v) is 7.86. The molecule has 0 spiro atoms. The number of amides is 1. The monoisotopic (exact) mass is 388 g/mol. The van der Waals surface area contributed by atoms with Crippen molar-refractivity contribution in [2.24, 2.45) is 0 Å². The van der Waals surface area contributed by atoms with Gasteiger partial charge in [-0.3, -0.25) is 14.9 Å². The number of halogens is 2. The first kappa shape index (κ1) is 15.9. The Morgan fingerprint density at radius 2 is 2.24 bits per heavy atom. The van der Waals surface area contributed by atoms with Gasteiger partial charge in [0.25, 0.3) is 11.6 Å². The minimum absolute atomic E-state index is 0.127. The standard InChI is InChI=1S/C13H10BrClN2O3S/c1-16(6-8-5-11(14)21-7-8)13(18)9-3-2-4-10(12(9)15)17(19)20/h2-5,7H,6H2,1H3. The predicted octanol–water partition coefficient (Wildman–Crippen LogP) is 4.34. The van der Waals surface area contributed by atoms with Crippen LogP contribution in [0.1, 0.15) is 15.9 Å². The number of hydrogen-bond donors (Lipinski definition) is 0. The number of rotatable bonds is 4. The van der Waals surface area contributed by atoms with Crippen LogP contribution in [0.25, 0.3) is 0 Å². The van der Waals surface area contributed by atoms with Crippen molar-refractivity contribution < 1.29 is 9.72 Å². The highest BCUT2D eigenvalue weighted by Gasteiger charge is 2.22. The summed E-state index contributed by atoms with van der Waals surface area (Å²) in [4.78, 5) is 24.1. The summed E-state index contributed by atoms with van der Waals surface area (Å²) in [6, 6.07) is 6.13. The van der Waals surface area contributed by atoms with Gasteiger partial charge < -0.3 is 4.90 Å². The van der Waals surface area contributed by atoms with Gasteiger partial charge in [-0.15, -0.1) is 11.3 Å². The second-order valence-corrected chi connectivity index (χ2v) is 6.98. The lowest BCUT2D eigenvalue weighted by Crippen LogP contribution is -2.26. The van der Waals surface area contributed by atoms with Crippen molar-refractivity contribution in [2.45, 2.75) is 6.54 Å². The first-order chi connectivity index (χ1) is 9.90. The Morgan fingerprint density at radius 1 is 1.52 bits per heavy atom. The van der Waals surface area contributed by atoms with Crippen LogP contribution in [0.2, 0.25) is 5.02 Å². The first-order valence-electron chi connectivity index (χ1n) is 5.81. The molecule has 2 aromatic rings. The molecule has 0 unspecified atom stereocenters. The molecule has 110 valence electrons. The summed E-state index contributed by atoms with van der Waals surface area (Å²) in [5, 5.41) is 12.7. The van der Waals surface area contributed by atoms with E-state index in [4.69, 9.17) is 11.6 Å². The highest BCUT2D eigenvalue weighted by Crippen LogP contribution is 2.29. The average molecular weight is 390 g/mol. The van der Waals surface area contributed by atoms with E-state index in [2.05, 4.69) is 15.9 Å². The van der Waals surface area contributed by atoms with Gasteiger partial charge in [-0.05, 0) is 39.0 Å². The zero-order chi connectivity index (χ0) is 15.6. The Balaban J connectivity index is 2.23. The van der Waals surface area contributed by atoms with E-state index in [1.807, 2.05) is 11.4 Å². The quantitative estimate of drug-likeness (QED) is 0.577. The third kappa shape index (κ3) is 3.61. The molecule has 8 heteroatoms. The Kier molecular flexibility index (Phi) is 4.97. The Morgan fingerprint density at radius 3 is 2.81 bits per heavy atom. The fourth-order valence-electron chi connectivity index (χ4n) is 1.81. The number of carbonyl (C=O) groups excluding carboxylic acids is 1. The fraction of sp³-hybridized carbons (Fsp3) is 0.154. The second kappa shape index (κ2) is 6.55. The van der Waals surface area contributed by atoms with Crippen LogP contribution in [-0.4, -0.2) is 22.8 Å². The van der Waals surface area contributed by atoms with Gasteiger partial charge in [0, 0.05) is 19.7 Å². The summed E-state index contributed by atoms with van der Waals surface area (Å²) >= 11 is 10.8. The van der Waals surface area contributed by atoms with E-state index in [-0.39, 0.29) is 22.2 Å². The SMILES string of the molecule is CN(Cc1csc(Br)c1)C(=O)c1cccc([N+](=O)[O-])c1Cl. The summed E-state index contributed by atoms with van der Waals surface area (Å²) in [5.41, 5.74) is 0.834. The Labute approximate surface area is 138 Å². The smallest absolute Gasteiger partial charge is 0.288 e. The number of benzene rings is 1. The number of carbonyl (C=O) groups is 1. The molecule has 1 aromatic carbocycles. The van der Waals surface area contributed by atoms with E-state index < -0.39 is 4.92 Å². The summed E-state index contributed by atoms with van der Waals surface area (Å²) in [6.45, 7) is 0.403. The Hall–Kier alpha value is -1.44. The zero-order valence-electron chi connectivity index (χ0n) is 10.9. The predicted molar refractivity (Wildman–Crippen MR) is 85.9 cm³/mol. The van der Waals surface area contributed by atoms with Gasteiger partial charge in [0.05, 0.1) is 14.3 Å². The van der Waals surface area contributed by atoms with Gasteiger partial charge in [-0.2, -0.15) is 0 Å². The third-order valence-electron chi connectivity index (χ3n) is 2.79. The largest absolute Gasteiger partial charge is 0.337 e. The van der Waals surface area contributed by atoms with E-state index in [0.717, 1.165) is 9.35 Å². The van der Waals surface area contributed by atoms with Crippen molar-refractivity contribution in [1.82, 2.24) is 4.90 Å². The minimum atomic E-state index is -0.602. The Bertz CT molecular complexity index is 704. The lowest BCUT2D eigenvalue weighted by Gasteiger charge is -2.17. The molecule has 0 bridgehead atoms. The topological polar surface area (TPSA) is 63.5 Å². The zero-order valence-corrected chi connectivity index (χ0v) is 14.0. The molecule has 0 N–H and O–H groups in total. The van der Waals surface area contributed by atoms with Crippen LogP contribution in [0, 0.1) is 10.1 Å². The van der Waals surface area contributed by atoms with E-state index >= 15 is 0 Å². The van der Waals surface area contributed by atoms with Crippen LogP contribution in [0.5, 0.6) is 0 Å². The maximum Gasteiger partial charge on any atom is 0.288 e. The summed E-state index contributed by atoms with van der Waals surface area (Å²) < 4.78 is 0.978. The second-order valence-electron chi connectivity index (χ2n) is 4.32. The number of thiophene rings is 1. The number of nitrogens with zero attached hydrogens (tertiary/aromatic N) is 2. The third-order valence-corrected chi connectivity index (χ3v) is 4.74. The number of hydrogen-bond acceptors (Lipinski definition) is 4. The molecule has 0 fully saturated rings. The molecule has 1 heterocycles. The highest BCUT2D eigenvalue weighted by atomic mass is 79.9. The highest BCUT2D eigenvalue weighted by molar-refractivity contribution is 9.11. The summed E-state index contributed by atoms with van der Waals surface area (Å²) in [5.74, 6) is -0.356. The van der Waals surface area contributed by atoms with Gasteiger partial charge in [0.1, 0.15) is 5.02 Å². The van der Waals surface area contributed by atoms with E-state index in [0.29, 0.717) is 6.54 Å². The van der Waals surface area contributed by atoms with Crippen molar-refractivity contribution in [1.29, 1.82) is 0 Å². The van der Waals surface area contributed by atoms with Gasteiger partial charge in [0.15, 0.2) is 0 Å². The minimum Gasteiger partial charge on any atom is -0.337 e. The molecule has 0 atom stereocenters. The van der Waals surface area contributed by atoms with Crippen molar-refractivity contribution in [2.75, 3.05) is 7.05 Å². The van der Waals surface area contributed by atoms with E-state index in [1.165, 1.54) is 34.4 Å². The molecule has 21 heavy (non-hydrogen) atoms. The van der Waals surface area contributed by atoms with Crippen LogP contribution in [-0.2, 0) is 6.54 Å². The lowest BCUT2D eigenvalue weighted by molar-refractivity contribution is -0.384. The van der Waals surface area contributed by atoms with Crippen LogP contribution in [0.15, 0.2) is 33.4 Å². The molecule has 0 saturated carbocycles. The van der Waals surface area contributed by atoms with Gasteiger partial charge in [0.2, 0.25) is 0 Å². The molecule has 0 radical (unpaired) electrons. The van der Waals surface area contributed by atoms with E-state index in [9.17, 15) is 14.9 Å². The molecule has 0 saturated heterocycles. The molecular formula is C13H10BrClN2O3S. The van der Waals surface area contributed by atoms with E-state index in [1.54, 1.807) is 7.05 Å². The van der Waals surface area contributed by atoms with Crippen LogP contribution in [0.3, 0.4) is 0 Å². The summed E-state index contributed by atoms with van der Waals surface area (Å²) in [6.07, 6.45) is 0. The van der Waals surface area contributed by atoms with Crippen LogP contribution < -0.4 is 0 Å². The van der Waals surface area contributed by atoms with Crippen molar-refractivity contribution >= 4 is 50.5 Å². The number of nitro groups is 1. The average Bonchev–Trinajstić information content (AvgIpc) is 2.83. The number of nitro benzene ring substituents is 1. The summed E-state index contributed by atoms with van der Waals surface area (Å²) in [7, 11) is 1.63. The van der Waals surface area contributed by atoms with Crippen LogP contribution in [0.4, 0.5) is 5.69 Å². The molecule has 2 rings (SSSR count). The van der Waals surface area contributed by atoms with Crippen LogP contribution >= 0.6 is 38.9 Å². The molecule has 0 aliphatic heterocycles. The van der Waals surface area contributed by atoms with Crippen molar-refractivity contribution in [3.05, 3.63) is 59.7 Å². The molecule has 0 aliphatic carbocycles. The van der Waals surface area contributed by atoms with Gasteiger partial charge in [-0.25, -0.2) is 0 Å². The normalized spacial score (nSPS) is 10.4. The molecule has 1 aromatic heterocycles. The maximum absolute atomic E-state index is 12.4. The van der Waals surface area contributed by atoms with Gasteiger partial charge in [-0.1, -0.05) is 17.7 Å². The fourth-order valence-corrected chi connectivity index (χ4v) is 3.28. The molecule has 1 amide bonds. The molecular weight excluding hydrogens is 380 g/mol.